The van der Waals surface area contributed by atoms with Crippen molar-refractivity contribution >= 4 is 34.2 Å². The van der Waals surface area contributed by atoms with Crippen LogP contribution in [0.3, 0.4) is 0 Å². The van der Waals surface area contributed by atoms with E-state index in [1.165, 1.54) is 6.07 Å². The van der Waals surface area contributed by atoms with Crippen molar-refractivity contribution in [2.45, 2.75) is 32.4 Å². The summed E-state index contributed by atoms with van der Waals surface area (Å²) in [7, 11) is 0. The number of hydrogen-bond acceptors (Lipinski definition) is 8. The van der Waals surface area contributed by atoms with Gasteiger partial charge in [0.15, 0.2) is 23.2 Å². The lowest BCUT2D eigenvalue weighted by Crippen LogP contribution is -2.56. The number of fused-ring (bicyclic) bond motifs is 1. The highest BCUT2D eigenvalue weighted by Crippen LogP contribution is 2.21. The summed E-state index contributed by atoms with van der Waals surface area (Å²) in [5, 5.41) is 9.99. The third-order valence-corrected chi connectivity index (χ3v) is 5.46. The number of aromatic nitrogens is 1. The van der Waals surface area contributed by atoms with E-state index in [0.29, 0.717) is 5.52 Å². The summed E-state index contributed by atoms with van der Waals surface area (Å²) in [6.45, 7) is 2.46. The van der Waals surface area contributed by atoms with Gasteiger partial charge in [-0.3, -0.25) is 19.2 Å². The van der Waals surface area contributed by atoms with Gasteiger partial charge in [-0.2, -0.15) is 0 Å². The molecule has 0 unspecified atom stereocenters. The Morgan fingerprint density at radius 3 is 2.27 bits per heavy atom. The molecule has 0 amide bonds. The van der Waals surface area contributed by atoms with Crippen LogP contribution in [0.2, 0.25) is 0 Å². The normalized spacial score (nSPS) is 12.8. The molecular formula is C26H25F2N3O6. The average Bonchev–Trinajstić information content (AvgIpc) is 2.86. The second-order valence-electron chi connectivity index (χ2n) is 8.55. The molecule has 2 aromatic carbocycles. The average molecular weight is 513 g/mol. The predicted molar refractivity (Wildman–Crippen MR) is 129 cm³/mol. The fourth-order valence-electron chi connectivity index (χ4n) is 3.47. The third-order valence-electron chi connectivity index (χ3n) is 5.46. The van der Waals surface area contributed by atoms with Crippen LogP contribution in [0.15, 0.2) is 54.6 Å². The predicted octanol–water partition coefficient (Wildman–Crippen LogP) is 2.88. The molecular weight excluding hydrogens is 488 g/mol. The Kier molecular flexibility index (Phi) is 9.10. The van der Waals surface area contributed by atoms with E-state index >= 15 is 0 Å². The highest BCUT2D eigenvalue weighted by molar-refractivity contribution is 6.45. The Bertz CT molecular complexity index is 1310. The number of carboxylic acid groups (broad SMARTS) is 1. The Balaban J connectivity index is 1.71. The summed E-state index contributed by atoms with van der Waals surface area (Å²) in [4.78, 5) is 54.0. The minimum Gasteiger partial charge on any atom is -0.481 e. The number of ether oxygens (including phenoxy) is 1. The van der Waals surface area contributed by atoms with Gasteiger partial charge in [0.1, 0.15) is 12.3 Å². The van der Waals surface area contributed by atoms with E-state index < -0.39 is 71.7 Å². The summed E-state index contributed by atoms with van der Waals surface area (Å²) in [5.41, 5.74) is 5.52. The first-order chi connectivity index (χ1) is 17.6. The summed E-state index contributed by atoms with van der Waals surface area (Å²) < 4.78 is 32.5. The lowest BCUT2D eigenvalue weighted by Gasteiger charge is -2.24. The van der Waals surface area contributed by atoms with E-state index in [9.17, 15) is 33.1 Å². The number of rotatable bonds is 13. The van der Waals surface area contributed by atoms with Crippen molar-refractivity contribution in [3.05, 3.63) is 71.9 Å². The minimum absolute atomic E-state index is 0.0605. The highest BCUT2D eigenvalue weighted by atomic mass is 19.1. The number of hydrogen-bond donors (Lipinski definition) is 3. The number of carboxylic acids is 1. The Morgan fingerprint density at radius 2 is 1.62 bits per heavy atom. The third kappa shape index (κ3) is 6.99. The Morgan fingerprint density at radius 1 is 0.946 bits per heavy atom. The molecule has 0 aliphatic carbocycles. The van der Waals surface area contributed by atoms with Gasteiger partial charge in [-0.1, -0.05) is 44.2 Å². The maximum atomic E-state index is 13.8. The largest absolute Gasteiger partial charge is 0.481 e. The van der Waals surface area contributed by atoms with Crippen molar-refractivity contribution < 1.29 is 37.8 Å². The van der Waals surface area contributed by atoms with Crippen molar-refractivity contribution in [2.24, 2.45) is 5.92 Å². The topological polar surface area (TPSA) is 135 Å². The quantitative estimate of drug-likeness (QED) is 0.179. The summed E-state index contributed by atoms with van der Waals surface area (Å²) >= 11 is 0. The number of hydrazine groups is 1. The maximum Gasteiger partial charge on any atom is 0.305 e. The molecule has 0 fully saturated rings. The standard InChI is InChI=1S/C26H25F2N3O6/c1-14(2)23(25(36)24(35)19-11-10-15-6-3-4-9-18(15)29-19)31-30-20(12-22(33)34)21(32)13-37-26-16(27)7-5-8-17(26)28/h3-11,14,20,23,30-31H,12-13H2,1-2H3,(H,33,34)/t20-,23-/m0/s1. The fraction of sp³-hybridized carbons (Fsp3) is 0.269. The number of halogens is 2. The second kappa shape index (κ2) is 12.2. The first-order valence-electron chi connectivity index (χ1n) is 11.3. The molecule has 0 spiro atoms. The molecule has 1 aromatic heterocycles. The van der Waals surface area contributed by atoms with Crippen molar-refractivity contribution in [3.63, 3.8) is 0 Å². The molecule has 3 N–H and O–H groups in total. The lowest BCUT2D eigenvalue weighted by atomic mass is 9.96. The summed E-state index contributed by atoms with van der Waals surface area (Å²) in [6.07, 6.45) is -0.728. The minimum atomic E-state index is -1.43. The number of nitrogens with one attached hydrogen (secondary N) is 2. The number of para-hydroxylation sites is 2. The Labute approximate surface area is 210 Å². The van der Waals surface area contributed by atoms with Crippen LogP contribution in [0, 0.1) is 17.6 Å². The van der Waals surface area contributed by atoms with E-state index in [-0.39, 0.29) is 5.69 Å². The molecule has 0 aliphatic heterocycles. The molecule has 1 heterocycles. The van der Waals surface area contributed by atoms with Gasteiger partial charge in [0.25, 0.3) is 0 Å². The number of Topliss-reactive ketones (excluding diaryl/α,β-unsaturated/α-hetero) is 3. The Hall–Kier alpha value is -4.09. The van der Waals surface area contributed by atoms with Crippen LogP contribution >= 0.6 is 0 Å². The van der Waals surface area contributed by atoms with E-state index in [1.807, 2.05) is 12.1 Å². The summed E-state index contributed by atoms with van der Waals surface area (Å²) in [6, 6.07) is 10.6. The van der Waals surface area contributed by atoms with Crippen LogP contribution in [0.25, 0.3) is 10.9 Å². The van der Waals surface area contributed by atoms with Crippen LogP contribution < -0.4 is 15.6 Å². The molecule has 11 heteroatoms. The number of benzene rings is 2. The fourth-order valence-corrected chi connectivity index (χ4v) is 3.47. The molecule has 3 rings (SSSR count). The molecule has 3 aromatic rings. The monoisotopic (exact) mass is 513 g/mol. The number of carbonyl (C=O) groups is 4. The van der Waals surface area contributed by atoms with Gasteiger partial charge >= 0.3 is 5.97 Å². The van der Waals surface area contributed by atoms with Crippen LogP contribution in [0.4, 0.5) is 8.78 Å². The van der Waals surface area contributed by atoms with E-state index in [2.05, 4.69) is 15.8 Å². The molecule has 0 bridgehead atoms. The first-order valence-corrected chi connectivity index (χ1v) is 11.3. The van der Waals surface area contributed by atoms with E-state index in [0.717, 1.165) is 23.6 Å². The van der Waals surface area contributed by atoms with Gasteiger partial charge in [-0.05, 0) is 30.2 Å². The van der Waals surface area contributed by atoms with Gasteiger partial charge in [-0.25, -0.2) is 24.6 Å². The first kappa shape index (κ1) is 27.5. The highest BCUT2D eigenvalue weighted by Gasteiger charge is 2.31. The molecule has 0 radical (unpaired) electrons. The molecule has 0 saturated heterocycles. The molecule has 9 nitrogen and oxygen atoms in total. The zero-order chi connectivity index (χ0) is 27.1. The van der Waals surface area contributed by atoms with Crippen LogP contribution in [-0.2, 0) is 14.4 Å². The summed E-state index contributed by atoms with van der Waals surface area (Å²) in [5.74, 6) is -7.20. The maximum absolute atomic E-state index is 13.8. The lowest BCUT2D eigenvalue weighted by molar-refractivity contribution is -0.140. The zero-order valence-corrected chi connectivity index (χ0v) is 20.0. The van der Waals surface area contributed by atoms with E-state index in [1.54, 1.807) is 32.0 Å². The number of pyridine rings is 1. The van der Waals surface area contributed by atoms with Gasteiger partial charge < -0.3 is 9.84 Å². The van der Waals surface area contributed by atoms with Crippen LogP contribution in [0.1, 0.15) is 30.8 Å². The van der Waals surface area contributed by atoms with Crippen molar-refractivity contribution in [3.8, 4) is 5.75 Å². The molecule has 2 atom stereocenters. The van der Waals surface area contributed by atoms with Gasteiger partial charge in [0.05, 0.1) is 24.0 Å². The molecule has 0 aliphatic rings. The zero-order valence-electron chi connectivity index (χ0n) is 20.0. The number of nitrogens with zero attached hydrogens (tertiary/aromatic N) is 1. The number of aliphatic carboxylic acids is 1. The van der Waals surface area contributed by atoms with Crippen LogP contribution in [-0.4, -0.2) is 52.1 Å². The number of carbonyl (C=O) groups excluding carboxylic acids is 3. The SMILES string of the molecule is CC(C)[C@H](NN[C@@H](CC(=O)O)C(=O)COc1c(F)cccc1F)C(=O)C(=O)c1ccc2ccccc2n1. The number of ketones is 3. The molecule has 194 valence electrons. The molecule has 0 saturated carbocycles. The van der Waals surface area contributed by atoms with Crippen molar-refractivity contribution in [1.82, 2.24) is 15.8 Å². The van der Waals surface area contributed by atoms with Gasteiger partial charge in [0, 0.05) is 5.39 Å². The smallest absolute Gasteiger partial charge is 0.305 e. The van der Waals surface area contributed by atoms with Crippen molar-refractivity contribution in [2.75, 3.05) is 6.61 Å². The van der Waals surface area contributed by atoms with Gasteiger partial charge in [0.2, 0.25) is 11.6 Å². The second-order valence-corrected chi connectivity index (χ2v) is 8.55. The molecule has 37 heavy (non-hydrogen) atoms. The van der Waals surface area contributed by atoms with Crippen molar-refractivity contribution in [1.29, 1.82) is 0 Å². The van der Waals surface area contributed by atoms with Crippen LogP contribution in [0.5, 0.6) is 5.75 Å². The van der Waals surface area contributed by atoms with E-state index in [4.69, 9.17) is 4.74 Å². The van der Waals surface area contributed by atoms with Gasteiger partial charge in [-0.15, -0.1) is 0 Å².